The lowest BCUT2D eigenvalue weighted by Crippen LogP contribution is -2.27. The highest BCUT2D eigenvalue weighted by atomic mass is 32.2. The molecule has 0 heterocycles. The van der Waals surface area contributed by atoms with Gasteiger partial charge in [0, 0.05) is 37.2 Å². The first-order chi connectivity index (χ1) is 28.5. The van der Waals surface area contributed by atoms with E-state index < -0.39 is 22.0 Å². The highest BCUT2D eigenvalue weighted by molar-refractivity contribution is 7.92. The molecule has 0 aliphatic heterocycles. The van der Waals surface area contributed by atoms with Crippen molar-refractivity contribution in [3.63, 3.8) is 0 Å². The van der Waals surface area contributed by atoms with Crippen LogP contribution in [0.2, 0.25) is 0 Å². The quantitative estimate of drug-likeness (QED) is 0.0506. The summed E-state index contributed by atoms with van der Waals surface area (Å²) in [6.45, 7) is 1.58. The first-order valence-electron chi connectivity index (χ1n) is 20.0. The number of rotatable bonds is 34. The van der Waals surface area contributed by atoms with Crippen molar-refractivity contribution in [1.29, 1.82) is 0 Å². The lowest BCUT2D eigenvalue weighted by Gasteiger charge is -2.11. The Bertz CT molecular complexity index is 1790. The second kappa shape index (κ2) is 28.5. The van der Waals surface area contributed by atoms with E-state index in [-0.39, 0.29) is 82.4 Å². The zero-order chi connectivity index (χ0) is 42.6. The van der Waals surface area contributed by atoms with Gasteiger partial charge < -0.3 is 39.2 Å². The van der Waals surface area contributed by atoms with E-state index in [1.54, 1.807) is 12.1 Å². The number of carboxylic acid groups (broad SMARTS) is 2. The molecule has 4 N–H and O–H groups in total. The summed E-state index contributed by atoms with van der Waals surface area (Å²) >= 11 is 0. The van der Waals surface area contributed by atoms with Gasteiger partial charge in [0.2, 0.25) is 0 Å². The molecule has 1 amide bonds. The number of carboxylic acids is 2. The number of hydrogen-bond acceptors (Lipinski definition) is 11. The van der Waals surface area contributed by atoms with Crippen molar-refractivity contribution < 1.29 is 61.5 Å². The molecule has 0 aromatic heterocycles. The predicted octanol–water partition coefficient (Wildman–Crippen LogP) is 6.04. The molecule has 15 nitrogen and oxygen atoms in total. The number of Topliss-reactive ketones (excluding diaryl/α,β-unsaturated/α-hetero) is 1. The number of anilines is 1. The Labute approximate surface area is 346 Å². The molecule has 3 aromatic rings. The monoisotopic (exact) mass is 842 g/mol. The number of carbonyl (C=O) groups excluding carboxylic acids is 2. The first kappa shape index (κ1) is 48.5. The molecule has 59 heavy (non-hydrogen) atoms. The fraction of sp³-hybridized carbons (Fsp3) is 0.488. The van der Waals surface area contributed by atoms with Gasteiger partial charge in [0.05, 0.1) is 37.9 Å². The smallest absolute Gasteiger partial charge is 0.329 e. The molecule has 0 fully saturated rings. The first-order valence-corrected chi connectivity index (χ1v) is 21.5. The van der Waals surface area contributed by atoms with Crippen LogP contribution in [0.4, 0.5) is 5.69 Å². The van der Waals surface area contributed by atoms with Crippen LogP contribution in [-0.2, 0) is 56.4 Å². The van der Waals surface area contributed by atoms with Crippen LogP contribution in [0, 0.1) is 0 Å². The van der Waals surface area contributed by atoms with Crippen LogP contribution in [0.3, 0.4) is 0 Å². The third-order valence-corrected chi connectivity index (χ3v) is 10.2. The molecule has 0 unspecified atom stereocenters. The Morgan fingerprint density at radius 2 is 1.15 bits per heavy atom. The number of carbonyl (C=O) groups is 4. The molecule has 0 atom stereocenters. The third kappa shape index (κ3) is 22.2. The molecule has 0 aliphatic carbocycles. The molecule has 0 saturated carbocycles. The second-order valence-electron chi connectivity index (χ2n) is 13.7. The summed E-state index contributed by atoms with van der Waals surface area (Å²) in [4.78, 5) is 45.4. The van der Waals surface area contributed by atoms with Crippen molar-refractivity contribution in [2.24, 2.45) is 0 Å². The molecule has 0 aliphatic rings. The average molecular weight is 843 g/mol. The maximum Gasteiger partial charge on any atom is 0.329 e. The van der Waals surface area contributed by atoms with E-state index in [0.29, 0.717) is 30.7 Å². The number of amides is 1. The standard InChI is InChI=1S/C43H58N2O13S/c46-38(10-8-25-54-27-30-57-33-42(49)50)32-56-29-28-55-26-24-44-43(51)36-16-18-37(19-17-36)45-59(52,53)40-22-14-35(15-23-40)31-58-39-20-12-34(13-21-39)9-6-4-2-1-3-5-7-11-41(47)48/h12-23,45H,1-11,24-33H2,(H,44,51)(H,47,48)(H,49,50). The number of hydrogen-bond donors (Lipinski definition) is 4. The number of nitrogens with one attached hydrogen (secondary N) is 2. The molecule has 0 radical (unpaired) electrons. The summed E-state index contributed by atoms with van der Waals surface area (Å²) in [5.74, 6) is -1.46. The summed E-state index contributed by atoms with van der Waals surface area (Å²) in [5, 5.41) is 19.9. The zero-order valence-electron chi connectivity index (χ0n) is 33.6. The lowest BCUT2D eigenvalue weighted by atomic mass is 10.0. The predicted molar refractivity (Wildman–Crippen MR) is 220 cm³/mol. The minimum atomic E-state index is -3.88. The number of aliphatic carboxylic acids is 2. The summed E-state index contributed by atoms with van der Waals surface area (Å²) in [5.41, 5.74) is 2.71. The van der Waals surface area contributed by atoms with E-state index in [4.69, 9.17) is 33.9 Å². The Morgan fingerprint density at radius 1 is 0.559 bits per heavy atom. The number of ether oxygens (including phenoxy) is 5. The maximum atomic E-state index is 13.0. The van der Waals surface area contributed by atoms with Gasteiger partial charge in [-0.05, 0) is 85.3 Å². The number of benzene rings is 3. The van der Waals surface area contributed by atoms with Crippen LogP contribution in [0.1, 0.15) is 85.7 Å². The Hall–Kier alpha value is -4.87. The minimum absolute atomic E-state index is 0.0442. The van der Waals surface area contributed by atoms with Crippen LogP contribution < -0.4 is 14.8 Å². The molecule has 0 spiro atoms. The van der Waals surface area contributed by atoms with E-state index in [0.717, 1.165) is 62.7 Å². The molecule has 0 saturated heterocycles. The van der Waals surface area contributed by atoms with Crippen LogP contribution in [0.25, 0.3) is 0 Å². The molecule has 0 bridgehead atoms. The topological polar surface area (TPSA) is 213 Å². The molecular formula is C43H58N2O13S. The summed E-state index contributed by atoms with van der Waals surface area (Å²) < 4.78 is 55.4. The van der Waals surface area contributed by atoms with E-state index in [2.05, 4.69) is 22.2 Å². The van der Waals surface area contributed by atoms with E-state index in [9.17, 15) is 27.6 Å². The van der Waals surface area contributed by atoms with Gasteiger partial charge in [0.1, 0.15) is 25.6 Å². The molecular weight excluding hydrogens is 785 g/mol. The van der Waals surface area contributed by atoms with Crippen molar-refractivity contribution in [2.45, 2.75) is 82.1 Å². The van der Waals surface area contributed by atoms with Gasteiger partial charge in [0.15, 0.2) is 5.78 Å². The highest BCUT2D eigenvalue weighted by Crippen LogP contribution is 2.20. The van der Waals surface area contributed by atoms with E-state index in [1.165, 1.54) is 42.0 Å². The van der Waals surface area contributed by atoms with Crippen LogP contribution >= 0.6 is 0 Å². The van der Waals surface area contributed by atoms with Crippen molar-refractivity contribution in [3.8, 4) is 5.75 Å². The minimum Gasteiger partial charge on any atom is -0.489 e. The second-order valence-corrected chi connectivity index (χ2v) is 15.4. The zero-order valence-corrected chi connectivity index (χ0v) is 34.4. The Morgan fingerprint density at radius 3 is 1.81 bits per heavy atom. The third-order valence-electron chi connectivity index (χ3n) is 8.83. The SMILES string of the molecule is O=C(O)CCCCCCCCCc1ccc(OCc2ccc(S(=O)(=O)Nc3ccc(C(=O)NCCOCCOCC(=O)CCCOCCOCC(=O)O)cc3)cc2)cc1. The Kier molecular flexibility index (Phi) is 23.5. The average Bonchev–Trinajstić information content (AvgIpc) is 3.21. The fourth-order valence-corrected chi connectivity index (χ4v) is 6.70. The number of unbranched alkanes of at least 4 members (excludes halogenated alkanes) is 6. The van der Waals surface area contributed by atoms with Crippen molar-refractivity contribution in [1.82, 2.24) is 5.32 Å². The molecule has 3 aromatic carbocycles. The van der Waals surface area contributed by atoms with Crippen LogP contribution in [0.5, 0.6) is 5.75 Å². The van der Waals surface area contributed by atoms with E-state index >= 15 is 0 Å². The van der Waals surface area contributed by atoms with Gasteiger partial charge in [-0.15, -0.1) is 0 Å². The van der Waals surface area contributed by atoms with Crippen LogP contribution in [0.15, 0.2) is 77.7 Å². The van der Waals surface area contributed by atoms with Gasteiger partial charge in [-0.25, -0.2) is 13.2 Å². The normalized spacial score (nSPS) is 11.3. The van der Waals surface area contributed by atoms with Crippen molar-refractivity contribution in [3.05, 3.63) is 89.5 Å². The highest BCUT2D eigenvalue weighted by Gasteiger charge is 2.15. The molecule has 324 valence electrons. The number of sulfonamides is 1. The van der Waals surface area contributed by atoms with Crippen molar-refractivity contribution >= 4 is 39.3 Å². The van der Waals surface area contributed by atoms with Gasteiger partial charge >= 0.3 is 11.9 Å². The maximum absolute atomic E-state index is 13.0. The molecule has 16 heteroatoms. The summed E-state index contributed by atoms with van der Waals surface area (Å²) in [6, 6.07) is 20.5. The van der Waals surface area contributed by atoms with E-state index in [1.807, 2.05) is 12.1 Å². The number of ketones is 1. The van der Waals surface area contributed by atoms with Gasteiger partial charge in [-0.1, -0.05) is 56.4 Å². The fourth-order valence-electron chi connectivity index (χ4n) is 5.64. The number of aryl methyl sites for hydroxylation is 1. The largest absolute Gasteiger partial charge is 0.489 e. The van der Waals surface area contributed by atoms with Gasteiger partial charge in [-0.2, -0.15) is 0 Å². The summed E-state index contributed by atoms with van der Waals surface area (Å²) in [6.07, 6.45) is 9.42. The van der Waals surface area contributed by atoms with Gasteiger partial charge in [-0.3, -0.25) is 19.1 Å². The molecule has 3 rings (SSSR count). The Balaban J connectivity index is 1.24. The summed E-state index contributed by atoms with van der Waals surface area (Å²) in [7, 11) is -3.88. The van der Waals surface area contributed by atoms with Gasteiger partial charge in [0.25, 0.3) is 15.9 Å². The lowest BCUT2D eigenvalue weighted by molar-refractivity contribution is -0.143. The van der Waals surface area contributed by atoms with Crippen molar-refractivity contribution in [2.75, 3.05) is 64.1 Å². The van der Waals surface area contributed by atoms with Crippen LogP contribution in [-0.4, -0.2) is 102 Å².